The number of methoxy groups -OCH3 is 2. The average molecular weight is 254 g/mol. The van der Waals surface area contributed by atoms with E-state index in [0.717, 1.165) is 31.2 Å². The highest BCUT2D eigenvalue weighted by Crippen LogP contribution is 2.48. The second-order valence-corrected chi connectivity index (χ2v) is 4.32. The summed E-state index contributed by atoms with van der Waals surface area (Å²) in [5.74, 6) is 0.498. The van der Waals surface area contributed by atoms with Gasteiger partial charge < -0.3 is 19.7 Å². The van der Waals surface area contributed by atoms with Crippen molar-refractivity contribution < 1.29 is 19.7 Å². The van der Waals surface area contributed by atoms with Crippen LogP contribution in [-0.2, 0) is 6.42 Å². The largest absolute Gasteiger partial charge is 0.504 e. The van der Waals surface area contributed by atoms with Crippen LogP contribution >= 0.6 is 0 Å². The summed E-state index contributed by atoms with van der Waals surface area (Å²) in [5.41, 5.74) is 1.39. The standard InChI is InChI=1S/C14H22O4/c1-5-6-7-8-10-9(2)11(15)13(17-3)14(18-4)12(10)16/h15-16H,5-8H2,1-4H3. The van der Waals surface area contributed by atoms with Crippen molar-refractivity contribution in [1.82, 2.24) is 0 Å². The van der Waals surface area contributed by atoms with Gasteiger partial charge in [0.15, 0.2) is 11.5 Å². The number of hydrogen-bond acceptors (Lipinski definition) is 4. The van der Waals surface area contributed by atoms with E-state index < -0.39 is 0 Å². The van der Waals surface area contributed by atoms with E-state index in [0.29, 0.717) is 5.56 Å². The molecule has 0 saturated heterocycles. The maximum absolute atomic E-state index is 10.2. The van der Waals surface area contributed by atoms with Gasteiger partial charge in [0.25, 0.3) is 0 Å². The Kier molecular flexibility index (Phi) is 5.13. The number of rotatable bonds is 6. The van der Waals surface area contributed by atoms with Gasteiger partial charge in [-0.3, -0.25) is 0 Å². The molecule has 0 saturated carbocycles. The fraction of sp³-hybridized carbons (Fsp3) is 0.571. The van der Waals surface area contributed by atoms with Crippen molar-refractivity contribution in [2.24, 2.45) is 0 Å². The van der Waals surface area contributed by atoms with Crippen LogP contribution < -0.4 is 9.47 Å². The van der Waals surface area contributed by atoms with Gasteiger partial charge in [-0.15, -0.1) is 0 Å². The van der Waals surface area contributed by atoms with Crippen LogP contribution in [0.15, 0.2) is 0 Å². The summed E-state index contributed by atoms with van der Waals surface area (Å²) in [4.78, 5) is 0. The van der Waals surface area contributed by atoms with Crippen molar-refractivity contribution in [3.05, 3.63) is 11.1 Å². The van der Waals surface area contributed by atoms with Crippen LogP contribution in [0.25, 0.3) is 0 Å². The van der Waals surface area contributed by atoms with Crippen molar-refractivity contribution in [1.29, 1.82) is 0 Å². The third-order valence-corrected chi connectivity index (χ3v) is 3.17. The fourth-order valence-electron chi connectivity index (χ4n) is 2.08. The lowest BCUT2D eigenvalue weighted by atomic mass is 9.99. The predicted octanol–water partition coefficient (Wildman–Crippen LogP) is 3.16. The molecule has 0 amide bonds. The molecule has 102 valence electrons. The topological polar surface area (TPSA) is 58.9 Å². The first-order chi connectivity index (χ1) is 8.58. The molecule has 0 aromatic heterocycles. The molecule has 0 aliphatic rings. The normalized spacial score (nSPS) is 10.4. The molecule has 2 N–H and O–H groups in total. The van der Waals surface area contributed by atoms with Crippen LogP contribution in [0, 0.1) is 6.92 Å². The van der Waals surface area contributed by atoms with E-state index in [2.05, 4.69) is 6.92 Å². The van der Waals surface area contributed by atoms with Gasteiger partial charge in [0.05, 0.1) is 14.2 Å². The lowest BCUT2D eigenvalue weighted by Gasteiger charge is -2.17. The van der Waals surface area contributed by atoms with Gasteiger partial charge in [-0.2, -0.15) is 0 Å². The molecule has 0 aliphatic heterocycles. The van der Waals surface area contributed by atoms with Gasteiger partial charge in [-0.1, -0.05) is 19.8 Å². The van der Waals surface area contributed by atoms with Gasteiger partial charge in [0.1, 0.15) is 0 Å². The lowest BCUT2D eigenvalue weighted by molar-refractivity contribution is 0.313. The molecule has 0 unspecified atom stereocenters. The molecule has 1 rings (SSSR count). The Labute approximate surface area is 108 Å². The minimum atomic E-state index is 0.0404. The van der Waals surface area contributed by atoms with E-state index in [4.69, 9.17) is 9.47 Å². The van der Waals surface area contributed by atoms with E-state index in [-0.39, 0.29) is 23.0 Å². The van der Waals surface area contributed by atoms with Crippen molar-refractivity contribution in [3.63, 3.8) is 0 Å². The molecule has 0 heterocycles. The Morgan fingerprint density at radius 3 is 2.00 bits per heavy atom. The highest BCUT2D eigenvalue weighted by atomic mass is 16.5. The zero-order chi connectivity index (χ0) is 13.7. The summed E-state index contributed by atoms with van der Waals surface area (Å²) < 4.78 is 10.2. The summed E-state index contributed by atoms with van der Waals surface area (Å²) in [5, 5.41) is 20.2. The molecule has 0 fully saturated rings. The Morgan fingerprint density at radius 2 is 1.50 bits per heavy atom. The van der Waals surface area contributed by atoms with Crippen molar-refractivity contribution in [3.8, 4) is 23.0 Å². The van der Waals surface area contributed by atoms with Gasteiger partial charge in [-0.05, 0) is 19.8 Å². The SMILES string of the molecule is CCCCCc1c(C)c(O)c(OC)c(OC)c1O. The van der Waals surface area contributed by atoms with Gasteiger partial charge in [0.2, 0.25) is 11.5 Å². The first kappa shape index (κ1) is 14.5. The van der Waals surface area contributed by atoms with Crippen LogP contribution in [-0.4, -0.2) is 24.4 Å². The molecular formula is C14H22O4. The predicted molar refractivity (Wildman–Crippen MR) is 70.8 cm³/mol. The van der Waals surface area contributed by atoms with E-state index in [1.807, 2.05) is 0 Å². The second kappa shape index (κ2) is 6.38. The minimum Gasteiger partial charge on any atom is -0.504 e. The third-order valence-electron chi connectivity index (χ3n) is 3.17. The number of hydrogen-bond donors (Lipinski definition) is 2. The molecule has 0 atom stereocenters. The van der Waals surface area contributed by atoms with Crippen molar-refractivity contribution >= 4 is 0 Å². The summed E-state index contributed by atoms with van der Waals surface area (Å²) >= 11 is 0. The number of benzene rings is 1. The second-order valence-electron chi connectivity index (χ2n) is 4.32. The molecule has 4 nitrogen and oxygen atoms in total. The smallest absolute Gasteiger partial charge is 0.207 e. The van der Waals surface area contributed by atoms with Crippen LogP contribution in [0.2, 0.25) is 0 Å². The van der Waals surface area contributed by atoms with E-state index in [9.17, 15) is 10.2 Å². The molecule has 1 aromatic rings. The summed E-state index contributed by atoms with van der Waals surface area (Å²) in [6, 6.07) is 0. The Hall–Kier alpha value is -1.58. The van der Waals surface area contributed by atoms with E-state index in [1.165, 1.54) is 14.2 Å². The number of phenols is 2. The zero-order valence-corrected chi connectivity index (χ0v) is 11.5. The summed E-state index contributed by atoms with van der Waals surface area (Å²) in [7, 11) is 2.88. The average Bonchev–Trinajstić information content (AvgIpc) is 2.37. The molecule has 18 heavy (non-hydrogen) atoms. The van der Waals surface area contributed by atoms with Gasteiger partial charge in [0, 0.05) is 11.1 Å². The number of phenolic OH excluding ortho intramolecular Hbond substituents is 2. The highest BCUT2D eigenvalue weighted by Gasteiger charge is 2.22. The van der Waals surface area contributed by atoms with Crippen LogP contribution in [0.1, 0.15) is 37.3 Å². The van der Waals surface area contributed by atoms with Gasteiger partial charge >= 0.3 is 0 Å². The number of unbranched alkanes of at least 4 members (excludes halogenated alkanes) is 2. The zero-order valence-electron chi connectivity index (χ0n) is 11.5. The van der Waals surface area contributed by atoms with Crippen molar-refractivity contribution in [2.75, 3.05) is 14.2 Å². The fourth-order valence-corrected chi connectivity index (χ4v) is 2.08. The Balaban J connectivity index is 3.22. The Bertz CT molecular complexity index is 413. The molecule has 4 heteroatoms. The van der Waals surface area contributed by atoms with Crippen LogP contribution in [0.3, 0.4) is 0 Å². The Morgan fingerprint density at radius 1 is 0.944 bits per heavy atom. The maximum Gasteiger partial charge on any atom is 0.207 e. The quantitative estimate of drug-likeness (QED) is 0.604. The molecular weight excluding hydrogens is 232 g/mol. The number of aromatic hydroxyl groups is 2. The molecule has 1 aromatic carbocycles. The monoisotopic (exact) mass is 254 g/mol. The minimum absolute atomic E-state index is 0.0404. The van der Waals surface area contributed by atoms with Crippen LogP contribution in [0.5, 0.6) is 23.0 Å². The van der Waals surface area contributed by atoms with E-state index >= 15 is 0 Å². The van der Waals surface area contributed by atoms with Crippen molar-refractivity contribution in [2.45, 2.75) is 39.5 Å². The lowest BCUT2D eigenvalue weighted by Crippen LogP contribution is -1.99. The molecule has 0 aliphatic carbocycles. The van der Waals surface area contributed by atoms with Crippen LogP contribution in [0.4, 0.5) is 0 Å². The maximum atomic E-state index is 10.2. The molecule has 0 spiro atoms. The third kappa shape index (κ3) is 2.63. The first-order valence-electron chi connectivity index (χ1n) is 6.23. The summed E-state index contributed by atoms with van der Waals surface area (Å²) in [6.45, 7) is 3.90. The number of ether oxygens (including phenoxy) is 2. The highest BCUT2D eigenvalue weighted by molar-refractivity contribution is 5.65. The molecule has 0 bridgehead atoms. The van der Waals surface area contributed by atoms with E-state index in [1.54, 1.807) is 6.92 Å². The molecule has 0 radical (unpaired) electrons. The first-order valence-corrected chi connectivity index (χ1v) is 6.23. The summed E-state index contributed by atoms with van der Waals surface area (Å²) in [6.07, 6.45) is 3.90. The van der Waals surface area contributed by atoms with Gasteiger partial charge in [-0.25, -0.2) is 0 Å².